The number of hydrogen-bond donors (Lipinski definition) is 2. The van der Waals surface area contributed by atoms with Crippen molar-refractivity contribution in [3.63, 3.8) is 0 Å². The Morgan fingerprint density at radius 1 is 1.23 bits per heavy atom. The number of ketones is 1. The van der Waals surface area contributed by atoms with Crippen LogP contribution >= 0.6 is 0 Å². The maximum atomic E-state index is 12.3. The van der Waals surface area contributed by atoms with Gasteiger partial charge in [-0.3, -0.25) is 4.79 Å². The summed E-state index contributed by atoms with van der Waals surface area (Å²) < 4.78 is 0. The lowest BCUT2D eigenvalue weighted by molar-refractivity contribution is 0.0990. The Morgan fingerprint density at radius 2 is 2.00 bits per heavy atom. The second-order valence-electron chi connectivity index (χ2n) is 6.13. The Morgan fingerprint density at radius 3 is 2.77 bits per heavy atom. The zero-order valence-corrected chi connectivity index (χ0v) is 13.1. The van der Waals surface area contributed by atoms with Crippen LogP contribution in [0.25, 0.3) is 0 Å². The van der Waals surface area contributed by atoms with Crippen molar-refractivity contribution in [1.29, 1.82) is 0 Å². The number of rotatable bonds is 5. The standard InChI is InChI=1S/C19H22N2O/c1-13-3-5-15(6-4-13)11-20-12-19(22)16-7-8-18-17(10-16)9-14(2)21-18/h3-8,10,14,20-21H,9,11-12H2,1-2H3. The lowest BCUT2D eigenvalue weighted by Gasteiger charge is -2.07. The molecule has 0 radical (unpaired) electrons. The zero-order valence-electron chi connectivity index (χ0n) is 13.1. The van der Waals surface area contributed by atoms with E-state index >= 15 is 0 Å². The molecule has 0 saturated heterocycles. The van der Waals surface area contributed by atoms with Crippen molar-refractivity contribution >= 4 is 11.5 Å². The molecule has 0 fully saturated rings. The molecule has 2 aromatic rings. The minimum Gasteiger partial charge on any atom is -0.382 e. The Bertz CT molecular complexity index is 676. The fraction of sp³-hybridized carbons (Fsp3) is 0.316. The van der Waals surface area contributed by atoms with Crippen molar-refractivity contribution in [3.05, 3.63) is 64.7 Å². The normalized spacial score (nSPS) is 16.2. The van der Waals surface area contributed by atoms with E-state index in [9.17, 15) is 4.79 Å². The summed E-state index contributed by atoms with van der Waals surface area (Å²) in [6.07, 6.45) is 0.993. The molecule has 0 aromatic heterocycles. The van der Waals surface area contributed by atoms with Gasteiger partial charge in [0.2, 0.25) is 0 Å². The van der Waals surface area contributed by atoms with Crippen LogP contribution in [-0.4, -0.2) is 18.4 Å². The molecule has 0 aliphatic carbocycles. The SMILES string of the molecule is Cc1ccc(CNCC(=O)c2ccc3c(c2)CC(C)N3)cc1. The van der Waals surface area contributed by atoms with Crippen LogP contribution in [0.1, 0.15) is 34.0 Å². The van der Waals surface area contributed by atoms with Gasteiger partial charge in [0.15, 0.2) is 5.78 Å². The first-order valence-electron chi connectivity index (χ1n) is 7.81. The van der Waals surface area contributed by atoms with Gasteiger partial charge in [-0.2, -0.15) is 0 Å². The van der Waals surface area contributed by atoms with Gasteiger partial charge in [-0.25, -0.2) is 0 Å². The van der Waals surface area contributed by atoms with Crippen LogP contribution in [0, 0.1) is 6.92 Å². The molecule has 114 valence electrons. The van der Waals surface area contributed by atoms with E-state index in [1.807, 2.05) is 18.2 Å². The second-order valence-corrected chi connectivity index (χ2v) is 6.13. The van der Waals surface area contributed by atoms with Gasteiger partial charge in [-0.15, -0.1) is 0 Å². The van der Waals surface area contributed by atoms with E-state index < -0.39 is 0 Å². The summed E-state index contributed by atoms with van der Waals surface area (Å²) in [5.74, 6) is 0.148. The van der Waals surface area contributed by atoms with E-state index in [4.69, 9.17) is 0 Å². The minimum absolute atomic E-state index is 0.148. The topological polar surface area (TPSA) is 41.1 Å². The number of nitrogens with one attached hydrogen (secondary N) is 2. The van der Waals surface area contributed by atoms with Gasteiger partial charge in [-0.1, -0.05) is 29.8 Å². The molecule has 1 atom stereocenters. The van der Waals surface area contributed by atoms with Gasteiger partial charge in [0.05, 0.1) is 6.54 Å². The van der Waals surface area contributed by atoms with E-state index in [0.717, 1.165) is 24.2 Å². The van der Waals surface area contributed by atoms with E-state index in [0.29, 0.717) is 12.6 Å². The summed E-state index contributed by atoms with van der Waals surface area (Å²) in [5.41, 5.74) is 5.66. The Hall–Kier alpha value is -2.13. The van der Waals surface area contributed by atoms with Gasteiger partial charge in [0, 0.05) is 23.8 Å². The predicted molar refractivity (Wildman–Crippen MR) is 90.4 cm³/mol. The molecule has 0 saturated carbocycles. The molecule has 3 heteroatoms. The van der Waals surface area contributed by atoms with Gasteiger partial charge in [0.1, 0.15) is 0 Å². The summed E-state index contributed by atoms with van der Waals surface area (Å²) in [6.45, 7) is 5.32. The highest BCUT2D eigenvalue weighted by atomic mass is 16.1. The van der Waals surface area contributed by atoms with Crippen molar-refractivity contribution in [2.45, 2.75) is 32.9 Å². The summed E-state index contributed by atoms with van der Waals surface area (Å²) in [4.78, 5) is 12.3. The summed E-state index contributed by atoms with van der Waals surface area (Å²) >= 11 is 0. The van der Waals surface area contributed by atoms with Crippen molar-refractivity contribution in [3.8, 4) is 0 Å². The van der Waals surface area contributed by atoms with Crippen LogP contribution in [0.15, 0.2) is 42.5 Å². The number of hydrogen-bond acceptors (Lipinski definition) is 3. The molecule has 0 amide bonds. The molecule has 3 rings (SSSR count). The molecular formula is C19H22N2O. The maximum Gasteiger partial charge on any atom is 0.176 e. The predicted octanol–water partition coefficient (Wildman–Crippen LogP) is 3.32. The number of carbonyl (C=O) groups is 1. The summed E-state index contributed by atoms with van der Waals surface area (Å²) in [5, 5.41) is 6.64. The Labute approximate surface area is 131 Å². The van der Waals surface area contributed by atoms with E-state index in [1.54, 1.807) is 0 Å². The minimum atomic E-state index is 0.148. The van der Waals surface area contributed by atoms with Gasteiger partial charge in [-0.05, 0) is 49.6 Å². The Balaban J connectivity index is 1.56. The molecular weight excluding hydrogens is 272 g/mol. The summed E-state index contributed by atoms with van der Waals surface area (Å²) in [7, 11) is 0. The highest BCUT2D eigenvalue weighted by Gasteiger charge is 2.18. The quantitative estimate of drug-likeness (QED) is 0.831. The van der Waals surface area contributed by atoms with Crippen LogP contribution < -0.4 is 10.6 Å². The lowest BCUT2D eigenvalue weighted by atomic mass is 10.0. The van der Waals surface area contributed by atoms with Crippen LogP contribution in [0.4, 0.5) is 5.69 Å². The molecule has 22 heavy (non-hydrogen) atoms. The van der Waals surface area contributed by atoms with Crippen LogP contribution in [0.2, 0.25) is 0 Å². The molecule has 3 nitrogen and oxygen atoms in total. The molecule has 1 heterocycles. The van der Waals surface area contributed by atoms with Gasteiger partial charge in [0.25, 0.3) is 0 Å². The monoisotopic (exact) mass is 294 g/mol. The first kappa shape index (κ1) is 14.8. The summed E-state index contributed by atoms with van der Waals surface area (Å²) in [6, 6.07) is 14.8. The fourth-order valence-electron chi connectivity index (χ4n) is 2.85. The van der Waals surface area contributed by atoms with Gasteiger partial charge >= 0.3 is 0 Å². The number of Topliss-reactive ketones (excluding diaryl/α,β-unsaturated/α-hetero) is 1. The van der Waals surface area contributed by atoms with Crippen molar-refractivity contribution in [2.75, 3.05) is 11.9 Å². The molecule has 1 aliphatic heterocycles. The third-order valence-electron chi connectivity index (χ3n) is 4.09. The number of carbonyl (C=O) groups excluding carboxylic acids is 1. The lowest BCUT2D eigenvalue weighted by Crippen LogP contribution is -2.22. The molecule has 2 aromatic carbocycles. The first-order chi connectivity index (χ1) is 10.6. The smallest absolute Gasteiger partial charge is 0.176 e. The molecule has 0 spiro atoms. The third-order valence-corrected chi connectivity index (χ3v) is 4.09. The van der Waals surface area contributed by atoms with Gasteiger partial charge < -0.3 is 10.6 Å². The number of aryl methyl sites for hydroxylation is 1. The average molecular weight is 294 g/mol. The molecule has 0 bridgehead atoms. The number of benzene rings is 2. The van der Waals surface area contributed by atoms with Crippen molar-refractivity contribution in [2.24, 2.45) is 0 Å². The first-order valence-corrected chi connectivity index (χ1v) is 7.81. The largest absolute Gasteiger partial charge is 0.382 e. The Kier molecular flexibility index (Phi) is 4.25. The molecule has 2 N–H and O–H groups in total. The zero-order chi connectivity index (χ0) is 15.5. The average Bonchev–Trinajstić information content (AvgIpc) is 2.88. The highest BCUT2D eigenvalue weighted by molar-refractivity contribution is 5.98. The highest BCUT2D eigenvalue weighted by Crippen LogP contribution is 2.26. The van der Waals surface area contributed by atoms with Crippen LogP contribution in [0.5, 0.6) is 0 Å². The van der Waals surface area contributed by atoms with E-state index in [-0.39, 0.29) is 5.78 Å². The van der Waals surface area contributed by atoms with Crippen molar-refractivity contribution in [1.82, 2.24) is 5.32 Å². The third kappa shape index (κ3) is 3.37. The number of fused-ring (bicyclic) bond motifs is 1. The fourth-order valence-corrected chi connectivity index (χ4v) is 2.85. The molecule has 1 aliphatic rings. The van der Waals surface area contributed by atoms with Crippen LogP contribution in [0.3, 0.4) is 0 Å². The second kappa shape index (κ2) is 6.32. The van der Waals surface area contributed by atoms with E-state index in [1.165, 1.54) is 16.7 Å². The maximum absolute atomic E-state index is 12.3. The van der Waals surface area contributed by atoms with Crippen LogP contribution in [-0.2, 0) is 13.0 Å². The number of anilines is 1. The molecule has 1 unspecified atom stereocenters. The van der Waals surface area contributed by atoms with E-state index in [2.05, 4.69) is 48.7 Å². The van der Waals surface area contributed by atoms with Crippen molar-refractivity contribution < 1.29 is 4.79 Å².